The molecule has 0 spiro atoms. The summed E-state index contributed by atoms with van der Waals surface area (Å²) in [4.78, 5) is 25.3. The van der Waals surface area contributed by atoms with Gasteiger partial charge in [-0.1, -0.05) is 13.3 Å². The maximum atomic E-state index is 12.8. The average molecular weight is 382 g/mol. The minimum absolute atomic E-state index is 0.000406. The van der Waals surface area contributed by atoms with E-state index in [1.54, 1.807) is 18.6 Å². The number of carbonyl (C=O) groups is 1. The van der Waals surface area contributed by atoms with Crippen molar-refractivity contribution in [2.75, 3.05) is 19.6 Å². The molecule has 144 valence electrons. The molecule has 1 saturated heterocycles. The molecule has 0 radical (unpaired) electrons. The molecule has 2 atom stereocenters. The van der Waals surface area contributed by atoms with Crippen LogP contribution in [0.5, 0.6) is 0 Å². The molecule has 0 saturated carbocycles. The number of H-pyrrole nitrogens is 1. The SMILES string of the molecule is [2H]C([2H])(NC(=O)N1C[C@@H](CC)[C@@H](c2cnc3cnc4[nH]ccc4n23)C1)C(F)(F)F. The van der Waals surface area contributed by atoms with Gasteiger partial charge in [0.1, 0.15) is 6.50 Å². The summed E-state index contributed by atoms with van der Waals surface area (Å²) >= 11 is 0. The molecule has 0 aromatic carbocycles. The summed E-state index contributed by atoms with van der Waals surface area (Å²) in [6, 6.07) is 0.786. The van der Waals surface area contributed by atoms with E-state index < -0.39 is 18.7 Å². The first-order chi connectivity index (χ1) is 13.6. The molecule has 1 fully saturated rings. The van der Waals surface area contributed by atoms with Crippen molar-refractivity contribution in [1.82, 2.24) is 29.6 Å². The third-order valence-corrected chi connectivity index (χ3v) is 5.01. The van der Waals surface area contributed by atoms with Crippen LogP contribution in [-0.4, -0.2) is 56.0 Å². The van der Waals surface area contributed by atoms with E-state index in [0.29, 0.717) is 17.7 Å². The van der Waals surface area contributed by atoms with Gasteiger partial charge in [-0.15, -0.1) is 0 Å². The van der Waals surface area contributed by atoms with Gasteiger partial charge >= 0.3 is 12.2 Å². The molecular weight excluding hydrogens is 361 g/mol. The summed E-state index contributed by atoms with van der Waals surface area (Å²) in [6.07, 6.45) is 0.593. The topological polar surface area (TPSA) is 78.3 Å². The Balaban J connectivity index is 1.64. The summed E-state index contributed by atoms with van der Waals surface area (Å²) in [5.74, 6) is -0.155. The molecule has 10 heteroatoms. The highest BCUT2D eigenvalue weighted by molar-refractivity contribution is 5.76. The fourth-order valence-corrected chi connectivity index (χ4v) is 3.74. The number of likely N-dealkylation sites (tertiary alicyclic amines) is 1. The summed E-state index contributed by atoms with van der Waals surface area (Å²) in [5.41, 5.74) is 2.98. The molecule has 3 aromatic heterocycles. The minimum atomic E-state index is -5.19. The van der Waals surface area contributed by atoms with Gasteiger partial charge in [0.25, 0.3) is 0 Å². The number of carbonyl (C=O) groups excluding carboxylic acids is 1. The van der Waals surface area contributed by atoms with Crippen LogP contribution < -0.4 is 5.32 Å². The van der Waals surface area contributed by atoms with Gasteiger partial charge in [0.15, 0.2) is 11.3 Å². The number of aromatic amines is 1. The van der Waals surface area contributed by atoms with Crippen molar-refractivity contribution < 1.29 is 20.7 Å². The van der Waals surface area contributed by atoms with E-state index in [1.165, 1.54) is 10.2 Å². The highest BCUT2D eigenvalue weighted by atomic mass is 19.4. The van der Waals surface area contributed by atoms with E-state index >= 15 is 0 Å². The Kier molecular flexibility index (Phi) is 3.64. The fraction of sp³-hybridized carbons (Fsp3) is 0.471. The van der Waals surface area contributed by atoms with Crippen LogP contribution in [0.3, 0.4) is 0 Å². The molecule has 1 aliphatic heterocycles. The molecular formula is C17H19F3N6O. The Labute approximate surface area is 155 Å². The molecule has 2 N–H and O–H groups in total. The monoisotopic (exact) mass is 382 g/mol. The Morgan fingerprint density at radius 3 is 2.96 bits per heavy atom. The highest BCUT2D eigenvalue weighted by Crippen LogP contribution is 2.35. The second-order valence-corrected chi connectivity index (χ2v) is 6.58. The smallest absolute Gasteiger partial charge is 0.345 e. The third kappa shape index (κ3) is 3.19. The summed E-state index contributed by atoms with van der Waals surface area (Å²) in [7, 11) is 0. The molecule has 4 rings (SSSR count). The van der Waals surface area contributed by atoms with Crippen LogP contribution in [-0.2, 0) is 0 Å². The average Bonchev–Trinajstić information content (AvgIpc) is 3.36. The lowest BCUT2D eigenvalue weighted by Gasteiger charge is -2.18. The standard InChI is InChI=1S/C17H19F3N6O/c1-2-10-7-25(16(27)24-9-17(18,19)20)8-11(10)13-5-22-14-6-23-15-12(26(13)14)3-4-21-15/h3-6,10-11,21H,2,7-9H2,1H3,(H,24,27)/t10-,11+/m1/s1/i9D2. The van der Waals surface area contributed by atoms with Gasteiger partial charge in [-0.05, 0) is 12.0 Å². The summed E-state index contributed by atoms with van der Waals surface area (Å²) in [5, 5.41) is 1.47. The van der Waals surface area contributed by atoms with Gasteiger partial charge < -0.3 is 15.2 Å². The van der Waals surface area contributed by atoms with Crippen molar-refractivity contribution in [3.8, 4) is 0 Å². The fourth-order valence-electron chi connectivity index (χ4n) is 3.74. The largest absolute Gasteiger partial charge is 0.405 e. The zero-order valence-electron chi connectivity index (χ0n) is 16.4. The first-order valence-electron chi connectivity index (χ1n) is 9.55. The number of alkyl halides is 3. The zero-order chi connectivity index (χ0) is 21.0. The number of hydrogen-bond donors (Lipinski definition) is 2. The van der Waals surface area contributed by atoms with Gasteiger partial charge in [0.2, 0.25) is 0 Å². The van der Waals surface area contributed by atoms with Crippen molar-refractivity contribution in [2.24, 2.45) is 5.92 Å². The molecule has 0 aliphatic carbocycles. The number of nitrogens with one attached hydrogen (secondary N) is 2. The lowest BCUT2D eigenvalue weighted by Crippen LogP contribution is -2.42. The van der Waals surface area contributed by atoms with Gasteiger partial charge in [-0.25, -0.2) is 14.8 Å². The Morgan fingerprint density at radius 1 is 1.41 bits per heavy atom. The van der Waals surface area contributed by atoms with Crippen molar-refractivity contribution >= 4 is 22.8 Å². The lowest BCUT2D eigenvalue weighted by atomic mass is 9.91. The highest BCUT2D eigenvalue weighted by Gasteiger charge is 2.38. The van der Waals surface area contributed by atoms with Gasteiger partial charge in [-0.3, -0.25) is 4.40 Å². The maximum absolute atomic E-state index is 12.8. The quantitative estimate of drug-likeness (QED) is 0.731. The van der Waals surface area contributed by atoms with Crippen LogP contribution >= 0.6 is 0 Å². The van der Waals surface area contributed by atoms with Gasteiger partial charge in [-0.2, -0.15) is 13.2 Å². The van der Waals surface area contributed by atoms with Crippen LogP contribution in [0.2, 0.25) is 0 Å². The number of halogens is 3. The van der Waals surface area contributed by atoms with Gasteiger partial charge in [0, 0.05) is 37.1 Å². The van der Waals surface area contributed by atoms with E-state index in [4.69, 9.17) is 2.74 Å². The first kappa shape index (κ1) is 15.3. The number of nitrogens with zero attached hydrogens (tertiary/aromatic N) is 4. The second kappa shape index (κ2) is 6.43. The van der Waals surface area contributed by atoms with Crippen molar-refractivity contribution in [1.29, 1.82) is 0 Å². The van der Waals surface area contributed by atoms with Crippen molar-refractivity contribution in [3.63, 3.8) is 0 Å². The van der Waals surface area contributed by atoms with Gasteiger partial charge in [0.05, 0.1) is 14.5 Å². The number of amides is 2. The van der Waals surface area contributed by atoms with Crippen LogP contribution in [0.15, 0.2) is 24.7 Å². The zero-order valence-corrected chi connectivity index (χ0v) is 14.4. The van der Waals surface area contributed by atoms with E-state index in [1.807, 2.05) is 17.4 Å². The second-order valence-electron chi connectivity index (χ2n) is 6.58. The van der Waals surface area contributed by atoms with Crippen LogP contribution in [0.1, 0.15) is 27.7 Å². The summed E-state index contributed by atoms with van der Waals surface area (Å²) < 4.78 is 54.5. The number of hydrogen-bond acceptors (Lipinski definition) is 3. The number of aromatic nitrogens is 4. The molecule has 3 aromatic rings. The van der Waals surface area contributed by atoms with Crippen LogP contribution in [0, 0.1) is 5.92 Å². The van der Waals surface area contributed by atoms with E-state index in [-0.39, 0.29) is 24.9 Å². The van der Waals surface area contributed by atoms with E-state index in [9.17, 15) is 18.0 Å². The van der Waals surface area contributed by atoms with E-state index in [2.05, 4.69) is 15.0 Å². The maximum Gasteiger partial charge on any atom is 0.405 e. The Morgan fingerprint density at radius 2 is 2.22 bits per heavy atom. The van der Waals surface area contributed by atoms with Crippen molar-refractivity contribution in [3.05, 3.63) is 30.4 Å². The summed E-state index contributed by atoms with van der Waals surface area (Å²) in [6.45, 7) is -1.45. The number of imidazole rings is 1. The minimum Gasteiger partial charge on any atom is -0.345 e. The first-order valence-corrected chi connectivity index (χ1v) is 8.55. The number of rotatable bonds is 3. The molecule has 0 unspecified atom stereocenters. The Bertz CT molecular complexity index is 1060. The molecule has 2 amide bonds. The predicted octanol–water partition coefficient (Wildman–Crippen LogP) is 2.91. The molecule has 0 bridgehead atoms. The van der Waals surface area contributed by atoms with Crippen LogP contribution in [0.4, 0.5) is 18.0 Å². The molecule has 7 nitrogen and oxygen atoms in total. The molecule has 27 heavy (non-hydrogen) atoms. The molecule has 4 heterocycles. The predicted molar refractivity (Wildman–Crippen MR) is 92.4 cm³/mol. The number of urea groups is 1. The normalized spacial score (nSPS) is 22.3. The Hall–Kier alpha value is -2.78. The van der Waals surface area contributed by atoms with Crippen LogP contribution in [0.25, 0.3) is 16.8 Å². The van der Waals surface area contributed by atoms with Crippen molar-refractivity contribution in [2.45, 2.75) is 25.4 Å². The van der Waals surface area contributed by atoms with E-state index in [0.717, 1.165) is 11.2 Å². The third-order valence-electron chi connectivity index (χ3n) is 5.01. The number of fused-ring (bicyclic) bond motifs is 3. The lowest BCUT2D eigenvalue weighted by molar-refractivity contribution is -0.123. The molecule has 1 aliphatic rings.